The van der Waals surface area contributed by atoms with Crippen LogP contribution in [0.5, 0.6) is 0 Å². The average molecular weight is 447 g/mol. The highest BCUT2D eigenvalue weighted by Crippen LogP contribution is 2.51. The second-order valence-electron chi connectivity index (χ2n) is 7.60. The Labute approximate surface area is 176 Å². The first-order valence-corrected chi connectivity index (χ1v) is 11.2. The van der Waals surface area contributed by atoms with Crippen LogP contribution >= 0.6 is 7.82 Å². The molecule has 2 saturated heterocycles. The van der Waals surface area contributed by atoms with E-state index in [4.69, 9.17) is 18.8 Å². The van der Waals surface area contributed by atoms with Crippen LogP contribution in [0.4, 0.5) is 5.69 Å². The Morgan fingerprint density at radius 1 is 1.16 bits per heavy atom. The summed E-state index contributed by atoms with van der Waals surface area (Å²) < 4.78 is 27.4. The van der Waals surface area contributed by atoms with Crippen molar-refractivity contribution in [1.82, 2.24) is 9.80 Å². The molecular weight excluding hydrogens is 429 g/mol. The quantitative estimate of drug-likeness (QED) is 0.592. The molecule has 0 bridgehead atoms. The highest BCUT2D eigenvalue weighted by Gasteiger charge is 2.57. The van der Waals surface area contributed by atoms with Crippen LogP contribution < -0.4 is 4.90 Å². The smallest absolute Gasteiger partial charge is 0.386 e. The average Bonchev–Trinajstić information content (AvgIpc) is 3.45. The molecule has 1 aromatic carbocycles. The van der Waals surface area contributed by atoms with Crippen LogP contribution in [0.15, 0.2) is 52.7 Å². The molecule has 0 radical (unpaired) electrons. The molecular formula is C18H18N5O7P. The number of fused-ring (bicyclic) bond motifs is 3. The van der Waals surface area contributed by atoms with Crippen molar-refractivity contribution in [3.8, 4) is 0 Å². The van der Waals surface area contributed by atoms with Gasteiger partial charge in [0.25, 0.3) is 5.91 Å². The lowest BCUT2D eigenvalue weighted by Crippen LogP contribution is -2.56. The van der Waals surface area contributed by atoms with E-state index in [1.807, 2.05) is 30.3 Å². The lowest BCUT2D eigenvalue weighted by molar-refractivity contribution is -0.130. The van der Waals surface area contributed by atoms with Gasteiger partial charge in [0.2, 0.25) is 5.96 Å². The monoisotopic (exact) mass is 447 g/mol. The van der Waals surface area contributed by atoms with Crippen molar-refractivity contribution in [3.63, 3.8) is 0 Å². The van der Waals surface area contributed by atoms with Crippen LogP contribution in [-0.4, -0.2) is 81.4 Å². The van der Waals surface area contributed by atoms with E-state index < -0.39 is 44.6 Å². The SMILES string of the molecule is O=C1C2N=CN([C@@H]3O[C@@H]4COP(=O)(O)O[C@H]4[C@H]3O)C2N=C2N1C=CN2c1ccccc1. The van der Waals surface area contributed by atoms with Gasteiger partial charge < -0.3 is 19.6 Å². The maximum atomic E-state index is 13.1. The molecule has 5 heterocycles. The van der Waals surface area contributed by atoms with Crippen molar-refractivity contribution in [3.05, 3.63) is 42.7 Å². The zero-order valence-corrected chi connectivity index (χ0v) is 16.8. The van der Waals surface area contributed by atoms with Crippen molar-refractivity contribution in [1.29, 1.82) is 0 Å². The van der Waals surface area contributed by atoms with Gasteiger partial charge in [-0.05, 0) is 12.1 Å². The number of aliphatic imine (C=N–C) groups is 2. The Bertz CT molecular complexity index is 1060. The summed E-state index contributed by atoms with van der Waals surface area (Å²) >= 11 is 0. The molecule has 0 aromatic heterocycles. The number of guanidine groups is 1. The molecule has 7 atom stereocenters. The molecule has 1 amide bonds. The van der Waals surface area contributed by atoms with Gasteiger partial charge in [0, 0.05) is 18.1 Å². The van der Waals surface area contributed by atoms with E-state index >= 15 is 0 Å². The first-order valence-electron chi connectivity index (χ1n) is 9.66. The molecule has 162 valence electrons. The zero-order chi connectivity index (χ0) is 21.3. The standard InChI is InChI=1S/C18H18N5O7P/c24-13-14-11(8-28-31(26,27)30-14)29-17(13)23-9-19-12-15(23)20-18-21(6-7-22(18)16(12)25)10-4-2-1-3-5-10/h1-7,9,11-15,17,24H,8H2,(H,26,27)/t11-,12?,13-,14-,15?,17-/m1/s1. The molecule has 31 heavy (non-hydrogen) atoms. The summed E-state index contributed by atoms with van der Waals surface area (Å²) in [5.74, 6) is 0.157. The largest absolute Gasteiger partial charge is 0.472 e. The molecule has 5 aliphatic heterocycles. The number of nitrogens with zero attached hydrogens (tertiary/aromatic N) is 5. The van der Waals surface area contributed by atoms with E-state index in [1.54, 1.807) is 22.2 Å². The predicted molar refractivity (Wildman–Crippen MR) is 106 cm³/mol. The molecule has 2 N–H and O–H groups in total. The minimum atomic E-state index is -4.24. The Balaban J connectivity index is 1.31. The molecule has 5 aliphatic rings. The van der Waals surface area contributed by atoms with Crippen molar-refractivity contribution in [2.24, 2.45) is 9.98 Å². The highest BCUT2D eigenvalue weighted by atomic mass is 31.2. The number of aliphatic hydroxyl groups is 1. The Morgan fingerprint density at radius 3 is 2.74 bits per heavy atom. The summed E-state index contributed by atoms with van der Waals surface area (Å²) in [6.07, 6.45) is 0.0482. The van der Waals surface area contributed by atoms with Crippen LogP contribution in [0.1, 0.15) is 0 Å². The number of ether oxygens (including phenoxy) is 1. The number of para-hydroxylation sites is 1. The molecule has 0 saturated carbocycles. The van der Waals surface area contributed by atoms with E-state index in [9.17, 15) is 19.4 Å². The fraction of sp³-hybridized carbons (Fsp3) is 0.389. The van der Waals surface area contributed by atoms with Crippen LogP contribution in [-0.2, 0) is 23.1 Å². The molecule has 0 aliphatic carbocycles. The number of phosphoric ester groups is 1. The summed E-state index contributed by atoms with van der Waals surface area (Å²) in [5.41, 5.74) is 0.837. The number of phosphoric acid groups is 1. The summed E-state index contributed by atoms with van der Waals surface area (Å²) in [7, 11) is -4.24. The van der Waals surface area contributed by atoms with Crippen LogP contribution in [0.25, 0.3) is 0 Å². The van der Waals surface area contributed by atoms with Gasteiger partial charge in [0.05, 0.1) is 12.9 Å². The predicted octanol–water partition coefficient (Wildman–Crippen LogP) is -0.184. The molecule has 6 rings (SSSR count). The number of carbonyl (C=O) groups excluding carboxylic acids is 1. The third-order valence-corrected chi connectivity index (χ3v) is 6.76. The third-order valence-electron chi connectivity index (χ3n) is 5.78. The summed E-state index contributed by atoms with van der Waals surface area (Å²) in [5, 5.41) is 10.7. The number of carbonyl (C=O) groups is 1. The molecule has 2 fully saturated rings. The van der Waals surface area contributed by atoms with Gasteiger partial charge in [0.1, 0.15) is 18.3 Å². The van der Waals surface area contributed by atoms with E-state index in [0.717, 1.165) is 5.69 Å². The highest BCUT2D eigenvalue weighted by molar-refractivity contribution is 7.47. The lowest BCUT2D eigenvalue weighted by Gasteiger charge is -2.36. The van der Waals surface area contributed by atoms with Crippen LogP contribution in [0.3, 0.4) is 0 Å². The number of aliphatic hydroxyl groups excluding tert-OH is 1. The Hall–Kier alpha value is -2.60. The van der Waals surface area contributed by atoms with Crippen molar-refractivity contribution in [2.75, 3.05) is 11.5 Å². The fourth-order valence-corrected chi connectivity index (χ4v) is 5.28. The van der Waals surface area contributed by atoms with Crippen LogP contribution in [0.2, 0.25) is 0 Å². The van der Waals surface area contributed by atoms with Crippen molar-refractivity contribution >= 4 is 31.7 Å². The lowest BCUT2D eigenvalue weighted by atomic mass is 10.1. The van der Waals surface area contributed by atoms with Gasteiger partial charge in [0.15, 0.2) is 18.4 Å². The van der Waals surface area contributed by atoms with Gasteiger partial charge in [-0.3, -0.25) is 28.6 Å². The number of hydrogen-bond donors (Lipinski definition) is 2. The second kappa shape index (κ2) is 6.70. The number of hydrogen-bond acceptors (Lipinski definition) is 10. The fourth-order valence-electron chi connectivity index (χ4n) is 4.31. The van der Waals surface area contributed by atoms with E-state index in [2.05, 4.69) is 4.99 Å². The Kier molecular flexibility index (Phi) is 4.13. The second-order valence-corrected chi connectivity index (χ2v) is 9.01. The summed E-state index contributed by atoms with van der Waals surface area (Å²) in [4.78, 5) is 36.4. The maximum absolute atomic E-state index is 13.1. The van der Waals surface area contributed by atoms with Gasteiger partial charge in [-0.25, -0.2) is 9.56 Å². The number of rotatable bonds is 2. The zero-order valence-electron chi connectivity index (χ0n) is 15.9. The Morgan fingerprint density at radius 2 is 1.94 bits per heavy atom. The van der Waals surface area contributed by atoms with Crippen molar-refractivity contribution in [2.45, 2.75) is 36.7 Å². The first-order chi connectivity index (χ1) is 14.9. The van der Waals surface area contributed by atoms with Gasteiger partial charge >= 0.3 is 7.82 Å². The van der Waals surface area contributed by atoms with Gasteiger partial charge in [-0.15, -0.1) is 0 Å². The maximum Gasteiger partial charge on any atom is 0.472 e. The van der Waals surface area contributed by atoms with E-state index in [0.29, 0.717) is 5.96 Å². The summed E-state index contributed by atoms with van der Waals surface area (Å²) in [6, 6.07) is 8.66. The number of amides is 1. The minimum absolute atomic E-state index is 0.196. The molecule has 0 spiro atoms. The number of anilines is 1. The number of benzene rings is 1. The van der Waals surface area contributed by atoms with Crippen LogP contribution in [0, 0.1) is 0 Å². The molecule has 13 heteroatoms. The molecule has 1 aromatic rings. The van der Waals surface area contributed by atoms with Crippen molar-refractivity contribution < 1.29 is 33.1 Å². The topological polar surface area (TPSA) is 137 Å². The van der Waals surface area contributed by atoms with E-state index in [1.165, 1.54) is 11.2 Å². The van der Waals surface area contributed by atoms with E-state index in [-0.39, 0.29) is 12.5 Å². The normalized spacial score (nSPS) is 40.8. The molecule has 3 unspecified atom stereocenters. The first kappa shape index (κ1) is 19.1. The molecule has 12 nitrogen and oxygen atoms in total. The van der Waals surface area contributed by atoms with Gasteiger partial charge in [-0.1, -0.05) is 18.2 Å². The third kappa shape index (κ3) is 2.88. The minimum Gasteiger partial charge on any atom is -0.386 e. The van der Waals surface area contributed by atoms with Gasteiger partial charge in [-0.2, -0.15) is 0 Å². The summed E-state index contributed by atoms with van der Waals surface area (Å²) in [6.45, 7) is -0.196.